The topological polar surface area (TPSA) is 101 Å². The van der Waals surface area contributed by atoms with Crippen LogP contribution < -0.4 is 9.80 Å². The van der Waals surface area contributed by atoms with Crippen LogP contribution in [0.4, 0.5) is 11.6 Å². The average Bonchev–Trinajstić information content (AvgIpc) is 3.20. The minimum atomic E-state index is -0.147. The van der Waals surface area contributed by atoms with E-state index in [9.17, 15) is 5.26 Å². The fraction of sp³-hybridized carbons (Fsp3) is 0.480. The Bertz CT molecular complexity index is 1230. The summed E-state index contributed by atoms with van der Waals surface area (Å²) in [6, 6.07) is 9.81. The molecule has 1 unspecified atom stereocenters. The zero-order valence-electron chi connectivity index (χ0n) is 20.8. The van der Waals surface area contributed by atoms with Crippen molar-refractivity contribution in [1.29, 1.82) is 10.7 Å². The second kappa shape index (κ2) is 8.93. The van der Waals surface area contributed by atoms with E-state index in [1.54, 1.807) is 4.68 Å². The number of benzene rings is 1. The van der Waals surface area contributed by atoms with Crippen LogP contribution in [0.3, 0.4) is 0 Å². The zero-order valence-corrected chi connectivity index (χ0v) is 20.8. The van der Waals surface area contributed by atoms with Crippen LogP contribution in [0.2, 0.25) is 0 Å². The highest BCUT2D eigenvalue weighted by atomic mass is 15.5. The highest BCUT2D eigenvalue weighted by Crippen LogP contribution is 2.28. The molecule has 1 aromatic carbocycles. The Morgan fingerprint density at radius 3 is 2.53 bits per heavy atom. The van der Waals surface area contributed by atoms with Crippen LogP contribution in [0.25, 0.3) is 11.0 Å². The van der Waals surface area contributed by atoms with Gasteiger partial charge in [-0.25, -0.2) is 4.98 Å². The molecule has 0 aliphatic carbocycles. The largest absolute Gasteiger partial charge is 0.351 e. The van der Waals surface area contributed by atoms with Crippen LogP contribution in [-0.4, -0.2) is 56.3 Å². The second-order valence-corrected chi connectivity index (χ2v) is 10.2. The van der Waals surface area contributed by atoms with E-state index in [0.717, 1.165) is 22.5 Å². The number of aromatic nitrogens is 4. The number of rotatable bonds is 3. The number of nitrogens with one attached hydrogen (secondary N) is 1. The van der Waals surface area contributed by atoms with E-state index < -0.39 is 0 Å². The highest BCUT2D eigenvalue weighted by molar-refractivity contribution is 5.96. The lowest BCUT2D eigenvalue weighted by Gasteiger charge is -2.45. The number of hydrogen-bond donors (Lipinski definition) is 1. The Kier molecular flexibility index (Phi) is 6.17. The first kappa shape index (κ1) is 23.5. The lowest BCUT2D eigenvalue weighted by atomic mass is 9.92. The van der Waals surface area contributed by atoms with Crippen molar-refractivity contribution < 1.29 is 0 Å². The van der Waals surface area contributed by atoms with E-state index >= 15 is 0 Å². The molecule has 0 bridgehead atoms. The van der Waals surface area contributed by atoms with Crippen molar-refractivity contribution in [1.82, 2.24) is 24.6 Å². The molecule has 2 aromatic heterocycles. The van der Waals surface area contributed by atoms with Gasteiger partial charge in [-0.3, -0.25) is 15.1 Å². The Morgan fingerprint density at radius 2 is 1.91 bits per heavy atom. The van der Waals surface area contributed by atoms with Crippen LogP contribution in [0.15, 0.2) is 36.5 Å². The van der Waals surface area contributed by atoms with Crippen LogP contribution in [0.1, 0.15) is 40.3 Å². The third-order valence-corrected chi connectivity index (χ3v) is 6.38. The Labute approximate surface area is 201 Å². The quantitative estimate of drug-likeness (QED) is 0.276. The van der Waals surface area contributed by atoms with Crippen molar-refractivity contribution >= 4 is 28.6 Å². The molecule has 3 heterocycles. The zero-order chi connectivity index (χ0) is 24.6. The molecular formula is C25H33N9. The van der Waals surface area contributed by atoms with Gasteiger partial charge in [0.25, 0.3) is 0 Å². The summed E-state index contributed by atoms with van der Waals surface area (Å²) < 4.78 is 1.68. The predicted molar refractivity (Wildman–Crippen MR) is 135 cm³/mol. The Hall–Kier alpha value is -3.67. The maximum Gasteiger partial charge on any atom is 0.213 e. The number of nitrogens with zero attached hydrogens (tertiary/aromatic N) is 8. The molecule has 4 rings (SSSR count). The minimum absolute atomic E-state index is 0.0423. The minimum Gasteiger partial charge on any atom is -0.351 e. The van der Waals surface area contributed by atoms with Crippen LogP contribution in [0.5, 0.6) is 0 Å². The summed E-state index contributed by atoms with van der Waals surface area (Å²) in [7, 11) is 1.82. The van der Waals surface area contributed by atoms with Crippen molar-refractivity contribution in [2.75, 3.05) is 29.4 Å². The Morgan fingerprint density at radius 1 is 1.21 bits per heavy atom. The molecule has 0 amide bonds. The van der Waals surface area contributed by atoms with Gasteiger partial charge < -0.3 is 9.80 Å². The smallest absolute Gasteiger partial charge is 0.213 e. The molecular weight excluding hydrogens is 426 g/mol. The summed E-state index contributed by atoms with van der Waals surface area (Å²) in [5.74, 6) is 1.89. The average molecular weight is 460 g/mol. The summed E-state index contributed by atoms with van der Waals surface area (Å²) in [6.45, 7) is 12.6. The van der Waals surface area contributed by atoms with Gasteiger partial charge >= 0.3 is 0 Å². The van der Waals surface area contributed by atoms with Crippen LogP contribution >= 0.6 is 0 Å². The van der Waals surface area contributed by atoms with Gasteiger partial charge in [0.15, 0.2) is 6.19 Å². The van der Waals surface area contributed by atoms with Crippen molar-refractivity contribution in [2.45, 2.75) is 46.1 Å². The molecule has 1 aliphatic heterocycles. The molecule has 0 radical (unpaired) electrons. The molecule has 1 saturated heterocycles. The number of fused-ring (bicyclic) bond motifs is 1. The van der Waals surface area contributed by atoms with E-state index in [4.69, 9.17) is 10.4 Å². The van der Waals surface area contributed by atoms with Crippen molar-refractivity contribution in [3.63, 3.8) is 0 Å². The third-order valence-electron chi connectivity index (χ3n) is 6.38. The molecule has 1 N–H and O–H groups in total. The summed E-state index contributed by atoms with van der Waals surface area (Å²) in [5.41, 5.74) is 2.49. The monoisotopic (exact) mass is 459 g/mol. The number of hydrogen-bond acceptors (Lipinski definition) is 6. The normalized spacial score (nSPS) is 16.7. The van der Waals surface area contributed by atoms with Gasteiger partial charge in [0, 0.05) is 38.2 Å². The standard InChI is InChI=1S/C25H33N9/c1-17(2)20-15-32(22-14-28-18-9-7-8-10-19(18)29-22)11-12-33(20)24(27)34(16-26)23-13-21(25(3,4)5)30-31(23)6/h7-10,13-14,17,20,27H,11-12,15H2,1-6H3. The SMILES string of the molecule is CC(C)C1CN(c2cnc3ccccc3n2)CCN1C(=N)N(C#N)c1cc(C(C)(C)C)nn1C. The van der Waals surface area contributed by atoms with Gasteiger partial charge in [0.05, 0.1) is 29.0 Å². The number of para-hydroxylation sites is 2. The van der Waals surface area contributed by atoms with Gasteiger partial charge in [0.2, 0.25) is 5.96 Å². The summed E-state index contributed by atoms with van der Waals surface area (Å²) in [4.78, 5) is 15.0. The Balaban J connectivity index is 1.58. The third kappa shape index (κ3) is 4.40. The molecule has 3 aromatic rings. The van der Waals surface area contributed by atoms with E-state index in [1.165, 1.54) is 4.90 Å². The van der Waals surface area contributed by atoms with Gasteiger partial charge in [-0.2, -0.15) is 15.3 Å². The number of nitriles is 1. The van der Waals surface area contributed by atoms with Crippen molar-refractivity contribution in [2.24, 2.45) is 13.0 Å². The molecule has 1 aliphatic rings. The first-order chi connectivity index (χ1) is 16.1. The summed E-state index contributed by atoms with van der Waals surface area (Å²) in [6.07, 6.45) is 4.04. The molecule has 9 nitrogen and oxygen atoms in total. The summed E-state index contributed by atoms with van der Waals surface area (Å²) >= 11 is 0. The van der Waals surface area contributed by atoms with Crippen LogP contribution in [-0.2, 0) is 12.5 Å². The first-order valence-electron chi connectivity index (χ1n) is 11.7. The number of guanidine groups is 1. The number of anilines is 2. The van der Waals surface area contributed by atoms with Gasteiger partial charge in [-0.05, 0) is 18.1 Å². The van der Waals surface area contributed by atoms with E-state index in [0.29, 0.717) is 25.5 Å². The van der Waals surface area contributed by atoms with Crippen molar-refractivity contribution in [3.05, 3.63) is 42.2 Å². The van der Waals surface area contributed by atoms with E-state index in [1.807, 2.05) is 48.5 Å². The van der Waals surface area contributed by atoms with Crippen LogP contribution in [0, 0.1) is 22.8 Å². The first-order valence-corrected chi connectivity index (χ1v) is 11.7. The molecule has 178 valence electrons. The van der Waals surface area contributed by atoms with Gasteiger partial charge in [-0.15, -0.1) is 0 Å². The number of piperazine rings is 1. The fourth-order valence-electron chi connectivity index (χ4n) is 4.32. The van der Waals surface area contributed by atoms with Crippen molar-refractivity contribution in [3.8, 4) is 6.19 Å². The number of aryl methyl sites for hydroxylation is 1. The van der Waals surface area contributed by atoms with E-state index in [-0.39, 0.29) is 23.3 Å². The van der Waals surface area contributed by atoms with E-state index in [2.05, 4.69) is 55.8 Å². The predicted octanol–water partition coefficient (Wildman–Crippen LogP) is 3.73. The fourth-order valence-corrected chi connectivity index (χ4v) is 4.32. The molecule has 1 atom stereocenters. The maximum absolute atomic E-state index is 10.0. The molecule has 34 heavy (non-hydrogen) atoms. The highest BCUT2D eigenvalue weighted by Gasteiger charge is 2.35. The van der Waals surface area contributed by atoms with Gasteiger partial charge in [0.1, 0.15) is 11.6 Å². The maximum atomic E-state index is 10.0. The second-order valence-electron chi connectivity index (χ2n) is 10.2. The summed E-state index contributed by atoms with van der Waals surface area (Å²) in [5, 5.41) is 23.6. The molecule has 0 saturated carbocycles. The molecule has 0 spiro atoms. The lowest BCUT2D eigenvalue weighted by molar-refractivity contribution is 0.220. The molecule has 1 fully saturated rings. The lowest BCUT2D eigenvalue weighted by Crippen LogP contribution is -2.60. The molecule has 9 heteroatoms. The van der Waals surface area contributed by atoms with Gasteiger partial charge in [-0.1, -0.05) is 46.8 Å².